The Kier molecular flexibility index (Phi) is 10.3. The SMILES string of the molecule is CC.CC.O=[N+]([O-])c1ccc(CCCc2ncc[nH]2)c(F)c1. The number of hydrogen-bond acceptors (Lipinski definition) is 3. The molecule has 5 nitrogen and oxygen atoms in total. The Morgan fingerprint density at radius 1 is 1.23 bits per heavy atom. The van der Waals surface area contributed by atoms with Gasteiger partial charge in [-0.2, -0.15) is 0 Å². The number of nitro groups is 1. The van der Waals surface area contributed by atoms with Crippen molar-refractivity contribution in [3.05, 3.63) is 57.9 Å². The molecule has 0 unspecified atom stereocenters. The van der Waals surface area contributed by atoms with Gasteiger partial charge in [-0.05, 0) is 24.5 Å². The first-order valence-electron chi connectivity index (χ1n) is 7.58. The van der Waals surface area contributed by atoms with Gasteiger partial charge in [-0.15, -0.1) is 0 Å². The quantitative estimate of drug-likeness (QED) is 0.643. The van der Waals surface area contributed by atoms with Crippen LogP contribution in [0.15, 0.2) is 30.6 Å². The molecule has 0 aliphatic carbocycles. The molecule has 0 bridgehead atoms. The van der Waals surface area contributed by atoms with E-state index in [0.717, 1.165) is 24.7 Å². The third kappa shape index (κ3) is 6.47. The highest BCUT2D eigenvalue weighted by Crippen LogP contribution is 2.18. The Balaban J connectivity index is 0.00000102. The number of nitrogens with one attached hydrogen (secondary N) is 1. The number of aromatic nitrogens is 2. The lowest BCUT2D eigenvalue weighted by atomic mass is 10.1. The van der Waals surface area contributed by atoms with Crippen molar-refractivity contribution >= 4 is 5.69 Å². The molecule has 2 rings (SSSR count). The van der Waals surface area contributed by atoms with Gasteiger partial charge in [-0.1, -0.05) is 27.7 Å². The van der Waals surface area contributed by atoms with E-state index in [1.165, 1.54) is 12.1 Å². The third-order valence-corrected chi connectivity index (χ3v) is 2.66. The molecular formula is C16H24FN3O2. The van der Waals surface area contributed by atoms with Crippen LogP contribution in [-0.4, -0.2) is 14.9 Å². The molecule has 0 saturated heterocycles. The molecule has 122 valence electrons. The first-order valence-corrected chi connectivity index (χ1v) is 7.58. The molecular weight excluding hydrogens is 285 g/mol. The molecule has 0 saturated carbocycles. The summed E-state index contributed by atoms with van der Waals surface area (Å²) in [6.45, 7) is 8.00. The molecule has 0 atom stereocenters. The number of aryl methyl sites for hydroxylation is 2. The summed E-state index contributed by atoms with van der Waals surface area (Å²) in [5.41, 5.74) is 0.273. The van der Waals surface area contributed by atoms with Gasteiger partial charge in [0.1, 0.15) is 11.6 Å². The number of rotatable bonds is 5. The number of non-ortho nitro benzene ring substituents is 1. The molecule has 1 aromatic heterocycles. The highest BCUT2D eigenvalue weighted by Gasteiger charge is 2.10. The van der Waals surface area contributed by atoms with Crippen LogP contribution in [0.25, 0.3) is 0 Å². The van der Waals surface area contributed by atoms with Crippen molar-refractivity contribution in [3.8, 4) is 0 Å². The summed E-state index contributed by atoms with van der Waals surface area (Å²) in [7, 11) is 0. The van der Waals surface area contributed by atoms with Gasteiger partial charge in [0.05, 0.1) is 11.0 Å². The van der Waals surface area contributed by atoms with Crippen molar-refractivity contribution in [2.45, 2.75) is 47.0 Å². The van der Waals surface area contributed by atoms with E-state index in [2.05, 4.69) is 9.97 Å². The van der Waals surface area contributed by atoms with Crippen LogP contribution >= 0.6 is 0 Å². The van der Waals surface area contributed by atoms with Gasteiger partial charge >= 0.3 is 0 Å². The summed E-state index contributed by atoms with van der Waals surface area (Å²) in [5.74, 6) is 0.334. The molecule has 0 radical (unpaired) electrons. The Labute approximate surface area is 130 Å². The van der Waals surface area contributed by atoms with Crippen LogP contribution in [0.5, 0.6) is 0 Å². The Bertz CT molecular complexity index is 542. The van der Waals surface area contributed by atoms with E-state index in [-0.39, 0.29) is 5.69 Å². The normalized spacial score (nSPS) is 9.14. The fraction of sp³-hybridized carbons (Fsp3) is 0.438. The number of nitro benzene ring substituents is 1. The molecule has 0 aliphatic rings. The lowest BCUT2D eigenvalue weighted by Gasteiger charge is -2.02. The van der Waals surface area contributed by atoms with Crippen molar-refractivity contribution in [1.82, 2.24) is 9.97 Å². The average molecular weight is 309 g/mol. The first kappa shape index (κ1) is 19.8. The standard InChI is InChI=1S/C12H12FN3O2.2C2H6/c13-11-8-10(16(17)18)5-4-9(11)2-1-3-12-14-6-7-15-12;2*1-2/h4-8H,1-3H2,(H,14,15);2*1-2H3. The van der Waals surface area contributed by atoms with Crippen LogP contribution in [0.2, 0.25) is 0 Å². The van der Waals surface area contributed by atoms with Crippen molar-refractivity contribution in [1.29, 1.82) is 0 Å². The summed E-state index contributed by atoms with van der Waals surface area (Å²) in [4.78, 5) is 16.9. The zero-order valence-electron chi connectivity index (χ0n) is 13.6. The number of hydrogen-bond donors (Lipinski definition) is 1. The Morgan fingerprint density at radius 3 is 2.41 bits per heavy atom. The second kappa shape index (κ2) is 11.4. The van der Waals surface area contributed by atoms with E-state index in [0.29, 0.717) is 12.0 Å². The number of imidazole rings is 1. The molecule has 22 heavy (non-hydrogen) atoms. The second-order valence-corrected chi connectivity index (χ2v) is 3.92. The molecule has 1 heterocycles. The van der Waals surface area contributed by atoms with Crippen molar-refractivity contribution in [3.63, 3.8) is 0 Å². The Hall–Kier alpha value is -2.24. The third-order valence-electron chi connectivity index (χ3n) is 2.66. The Morgan fingerprint density at radius 2 is 1.91 bits per heavy atom. The largest absolute Gasteiger partial charge is 0.349 e. The van der Waals surface area contributed by atoms with Crippen LogP contribution in [0.4, 0.5) is 10.1 Å². The highest BCUT2D eigenvalue weighted by molar-refractivity contribution is 5.34. The van der Waals surface area contributed by atoms with E-state index in [4.69, 9.17) is 0 Å². The molecule has 0 fully saturated rings. The lowest BCUT2D eigenvalue weighted by Crippen LogP contribution is -1.96. The fourth-order valence-corrected chi connectivity index (χ4v) is 1.73. The second-order valence-electron chi connectivity index (χ2n) is 3.92. The number of halogens is 1. The predicted octanol–water partition coefficient (Wildman–Crippen LogP) is 4.68. The van der Waals surface area contributed by atoms with Crippen LogP contribution in [0, 0.1) is 15.9 Å². The van der Waals surface area contributed by atoms with Crippen molar-refractivity contribution in [2.24, 2.45) is 0 Å². The van der Waals surface area contributed by atoms with Gasteiger partial charge in [0.2, 0.25) is 0 Å². The number of aromatic amines is 1. The van der Waals surface area contributed by atoms with Crippen LogP contribution in [-0.2, 0) is 12.8 Å². The summed E-state index contributed by atoms with van der Waals surface area (Å²) in [5, 5.41) is 10.5. The zero-order valence-corrected chi connectivity index (χ0v) is 13.6. The molecule has 0 spiro atoms. The number of H-pyrrole nitrogens is 1. The average Bonchev–Trinajstić information content (AvgIpc) is 3.06. The summed E-state index contributed by atoms with van der Waals surface area (Å²) >= 11 is 0. The minimum Gasteiger partial charge on any atom is -0.349 e. The van der Waals surface area contributed by atoms with Crippen LogP contribution < -0.4 is 0 Å². The predicted molar refractivity (Wildman–Crippen MR) is 86.4 cm³/mol. The summed E-state index contributed by atoms with van der Waals surface area (Å²) in [6.07, 6.45) is 5.40. The first-order chi connectivity index (χ1) is 10.7. The van der Waals surface area contributed by atoms with Crippen molar-refractivity contribution in [2.75, 3.05) is 0 Å². The lowest BCUT2D eigenvalue weighted by molar-refractivity contribution is -0.385. The summed E-state index contributed by atoms with van der Waals surface area (Å²) < 4.78 is 13.5. The molecule has 1 aromatic carbocycles. The van der Waals surface area contributed by atoms with Gasteiger partial charge in [-0.25, -0.2) is 9.37 Å². The molecule has 2 aromatic rings. The maximum absolute atomic E-state index is 13.5. The van der Waals surface area contributed by atoms with Crippen LogP contribution in [0.1, 0.15) is 45.5 Å². The van der Waals surface area contributed by atoms with E-state index in [1.807, 2.05) is 27.7 Å². The van der Waals surface area contributed by atoms with E-state index in [1.54, 1.807) is 12.4 Å². The maximum atomic E-state index is 13.5. The molecule has 0 aliphatic heterocycles. The minimum absolute atomic E-state index is 0.220. The van der Waals surface area contributed by atoms with Gasteiger partial charge in [0.15, 0.2) is 0 Å². The van der Waals surface area contributed by atoms with E-state index >= 15 is 0 Å². The highest BCUT2D eigenvalue weighted by atomic mass is 19.1. The number of nitrogens with zero attached hydrogens (tertiary/aromatic N) is 2. The summed E-state index contributed by atoms with van der Waals surface area (Å²) in [6, 6.07) is 3.75. The van der Waals surface area contributed by atoms with E-state index in [9.17, 15) is 14.5 Å². The maximum Gasteiger partial charge on any atom is 0.272 e. The minimum atomic E-state index is -0.601. The van der Waals surface area contributed by atoms with E-state index < -0.39 is 10.7 Å². The molecule has 0 amide bonds. The zero-order chi connectivity index (χ0) is 17.0. The van der Waals surface area contributed by atoms with Gasteiger partial charge < -0.3 is 4.98 Å². The van der Waals surface area contributed by atoms with Crippen molar-refractivity contribution < 1.29 is 9.31 Å². The smallest absolute Gasteiger partial charge is 0.272 e. The molecule has 6 heteroatoms. The number of benzene rings is 1. The fourth-order valence-electron chi connectivity index (χ4n) is 1.73. The van der Waals surface area contributed by atoms with Gasteiger partial charge in [0, 0.05) is 24.9 Å². The molecule has 1 N–H and O–H groups in total. The monoisotopic (exact) mass is 309 g/mol. The van der Waals surface area contributed by atoms with Gasteiger partial charge in [-0.3, -0.25) is 10.1 Å². The van der Waals surface area contributed by atoms with Gasteiger partial charge in [0.25, 0.3) is 5.69 Å². The topological polar surface area (TPSA) is 71.8 Å². The van der Waals surface area contributed by atoms with Crippen LogP contribution in [0.3, 0.4) is 0 Å².